The van der Waals surface area contributed by atoms with Crippen LogP contribution in [0.25, 0.3) is 6.08 Å². The monoisotopic (exact) mass is 797 g/mol. The first kappa shape index (κ1) is 41.0. The van der Waals surface area contributed by atoms with E-state index in [1.165, 1.54) is 5.57 Å². The van der Waals surface area contributed by atoms with Crippen molar-refractivity contribution in [3.05, 3.63) is 57.7 Å². The minimum Gasteiger partial charge on any atom is -0.506 e. The Morgan fingerprint density at radius 1 is 0.914 bits per heavy atom. The van der Waals surface area contributed by atoms with Gasteiger partial charge >= 0.3 is 0 Å². The molecule has 1 N–H and O–H groups in total. The summed E-state index contributed by atoms with van der Waals surface area (Å²) in [6.45, 7) is 21.1. The Bertz CT molecular complexity index is 2010. The van der Waals surface area contributed by atoms with Crippen LogP contribution in [0.15, 0.2) is 41.0 Å². The lowest BCUT2D eigenvalue weighted by Gasteiger charge is -2.64. The number of ketones is 2. The smallest absolute Gasteiger partial charge is 0.249 e. The highest BCUT2D eigenvalue weighted by Gasteiger charge is 2.86. The maximum absolute atomic E-state index is 15.8. The molecule has 1 aromatic rings. The molecule has 7 atom stereocenters. The summed E-state index contributed by atoms with van der Waals surface area (Å²) in [5.41, 5.74) is -0.365. The lowest BCUT2D eigenvalue weighted by molar-refractivity contribution is -0.216. The van der Waals surface area contributed by atoms with E-state index in [4.69, 9.17) is 18.9 Å². The van der Waals surface area contributed by atoms with Crippen molar-refractivity contribution >= 4 is 23.5 Å². The number of hydrogen-bond donors (Lipinski definition) is 1. The minimum absolute atomic E-state index is 0.0589. The number of likely N-dealkylation sites (N-methyl/N-ethyl adjacent to an activating group) is 1. The van der Waals surface area contributed by atoms with Gasteiger partial charge in [0.15, 0.2) is 22.8 Å². The number of amides is 1. The number of benzene rings is 1. The molecule has 3 aliphatic carbocycles. The predicted octanol–water partition coefficient (Wildman–Crippen LogP) is 6.32. The van der Waals surface area contributed by atoms with Gasteiger partial charge in [-0.2, -0.15) is 0 Å². The van der Waals surface area contributed by atoms with Crippen LogP contribution < -0.4 is 9.47 Å². The first-order valence-corrected chi connectivity index (χ1v) is 21.5. The van der Waals surface area contributed by atoms with Crippen molar-refractivity contribution in [3.63, 3.8) is 0 Å². The summed E-state index contributed by atoms with van der Waals surface area (Å²) in [6, 6.07) is -0.474. The van der Waals surface area contributed by atoms with Gasteiger partial charge < -0.3 is 33.9 Å². The molecule has 0 aromatic heterocycles. The van der Waals surface area contributed by atoms with Gasteiger partial charge in [-0.1, -0.05) is 29.4 Å². The van der Waals surface area contributed by atoms with Crippen LogP contribution in [0.4, 0.5) is 0 Å². The van der Waals surface area contributed by atoms with Crippen LogP contribution in [0.2, 0.25) is 0 Å². The summed E-state index contributed by atoms with van der Waals surface area (Å²) in [5.74, 6) is -1.43. The Morgan fingerprint density at radius 2 is 1.60 bits per heavy atom. The van der Waals surface area contributed by atoms with Crippen LogP contribution in [0, 0.1) is 17.8 Å². The number of aromatic hydroxyl groups is 1. The molecule has 8 aliphatic rings. The summed E-state index contributed by atoms with van der Waals surface area (Å²) in [4.78, 5) is 51.6. The van der Waals surface area contributed by atoms with Gasteiger partial charge in [0.05, 0.1) is 30.3 Å². The molecule has 7 unspecified atom stereocenters. The standard InChI is InChI=1S/C47H63N3O8/c1-28(2)11-10-16-45(8)17-15-31-38(51)35-39(52)36-37(49-23-25-55-26-24-49)33-27-34-44(6,7)58-46(42(33)53,18-14-30(5)43(54)50-21-19-48(9)20-22-50)47(34,36)57-41(35)32(40(31)56-45)13-12-29(3)4/h11-12,14-15,17,33-34,36-37,51H,10,13,16,18-27H2,1-9H3. The van der Waals surface area contributed by atoms with Crippen LogP contribution in [0.1, 0.15) is 103 Å². The summed E-state index contributed by atoms with van der Waals surface area (Å²) in [5, 5.41) is 12.3. The van der Waals surface area contributed by atoms with E-state index in [0.717, 1.165) is 25.1 Å². The van der Waals surface area contributed by atoms with Crippen molar-refractivity contribution < 1.29 is 38.4 Å². The van der Waals surface area contributed by atoms with E-state index in [2.05, 4.69) is 42.8 Å². The zero-order chi connectivity index (χ0) is 41.5. The van der Waals surface area contributed by atoms with E-state index in [1.807, 2.05) is 64.7 Å². The molecule has 0 radical (unpaired) electrons. The van der Waals surface area contributed by atoms with Crippen LogP contribution in [-0.2, 0) is 25.5 Å². The fourth-order valence-corrected chi connectivity index (χ4v) is 11.4. The van der Waals surface area contributed by atoms with Crippen molar-refractivity contribution in [1.29, 1.82) is 0 Å². The third kappa shape index (κ3) is 6.32. The van der Waals surface area contributed by atoms with Crippen LogP contribution in [0.3, 0.4) is 0 Å². The zero-order valence-corrected chi connectivity index (χ0v) is 36.0. The van der Waals surface area contributed by atoms with Crippen molar-refractivity contribution in [1.82, 2.24) is 14.7 Å². The van der Waals surface area contributed by atoms with Crippen LogP contribution >= 0.6 is 0 Å². The summed E-state index contributed by atoms with van der Waals surface area (Å²) < 4.78 is 27.5. The maximum atomic E-state index is 15.8. The quantitative estimate of drug-likeness (QED) is 0.225. The molecular formula is C47H63N3O8. The van der Waals surface area contributed by atoms with Gasteiger partial charge in [0, 0.05) is 74.7 Å². The van der Waals surface area contributed by atoms with Gasteiger partial charge in [0.25, 0.3) is 0 Å². The maximum Gasteiger partial charge on any atom is 0.249 e. The second kappa shape index (κ2) is 14.7. The second-order valence-electron chi connectivity index (χ2n) is 19.2. The summed E-state index contributed by atoms with van der Waals surface area (Å²) in [7, 11) is 2.06. The van der Waals surface area contributed by atoms with Gasteiger partial charge in [-0.3, -0.25) is 19.3 Å². The fraction of sp³-hybridized carbons (Fsp3) is 0.638. The first-order valence-electron chi connectivity index (χ1n) is 21.5. The molecule has 9 rings (SSSR count). The largest absolute Gasteiger partial charge is 0.506 e. The number of carbonyl (C=O) groups is 3. The molecule has 1 amide bonds. The molecular weight excluding hydrogens is 735 g/mol. The number of fused-ring (bicyclic) bond motifs is 2. The van der Waals surface area contributed by atoms with Crippen molar-refractivity contribution in [2.75, 3.05) is 59.5 Å². The average molecular weight is 798 g/mol. The molecule has 1 spiro atoms. The Balaban J connectivity index is 1.31. The Labute approximate surface area is 344 Å². The van der Waals surface area contributed by atoms with E-state index in [0.29, 0.717) is 81.1 Å². The van der Waals surface area contributed by atoms with E-state index in [9.17, 15) is 9.90 Å². The number of piperazine rings is 1. The number of phenols is 1. The summed E-state index contributed by atoms with van der Waals surface area (Å²) >= 11 is 0. The Morgan fingerprint density at radius 3 is 2.28 bits per heavy atom. The number of carbonyl (C=O) groups excluding carboxylic acids is 3. The molecule has 5 heterocycles. The molecule has 314 valence electrons. The fourth-order valence-electron chi connectivity index (χ4n) is 11.4. The highest BCUT2D eigenvalue weighted by atomic mass is 16.6. The topological polar surface area (TPSA) is 118 Å². The number of hydrogen-bond acceptors (Lipinski definition) is 10. The lowest BCUT2D eigenvalue weighted by atomic mass is 9.44. The number of ether oxygens (including phenoxy) is 4. The van der Waals surface area contributed by atoms with Gasteiger partial charge in [0.2, 0.25) is 5.91 Å². The van der Waals surface area contributed by atoms with Gasteiger partial charge in [-0.15, -0.1) is 0 Å². The van der Waals surface area contributed by atoms with E-state index in [-0.39, 0.29) is 46.9 Å². The molecule has 4 bridgehead atoms. The highest BCUT2D eigenvalue weighted by molar-refractivity contribution is 6.10. The average Bonchev–Trinajstić information content (AvgIpc) is 3.32. The third-order valence-corrected chi connectivity index (χ3v) is 14.3. The van der Waals surface area contributed by atoms with Crippen molar-refractivity contribution in [3.8, 4) is 17.2 Å². The molecule has 3 saturated carbocycles. The number of morpholine rings is 1. The summed E-state index contributed by atoms with van der Waals surface area (Å²) in [6.07, 6.45) is 12.5. The van der Waals surface area contributed by atoms with Gasteiger partial charge in [-0.25, -0.2) is 0 Å². The normalized spacial score (nSPS) is 33.8. The second-order valence-corrected chi connectivity index (χ2v) is 19.2. The molecule has 58 heavy (non-hydrogen) atoms. The van der Waals surface area contributed by atoms with E-state index < -0.39 is 40.3 Å². The van der Waals surface area contributed by atoms with E-state index >= 15 is 9.59 Å². The van der Waals surface area contributed by atoms with Crippen molar-refractivity contribution in [2.45, 2.75) is 116 Å². The Kier molecular flexibility index (Phi) is 10.4. The molecule has 3 saturated heterocycles. The predicted molar refractivity (Wildman–Crippen MR) is 222 cm³/mol. The number of allylic oxidation sites excluding steroid dienone is 4. The van der Waals surface area contributed by atoms with Crippen LogP contribution in [-0.4, -0.2) is 125 Å². The van der Waals surface area contributed by atoms with E-state index in [1.54, 1.807) is 0 Å². The number of Topliss-reactive ketones (excluding diaryl/α,β-unsaturated/α-hetero) is 2. The van der Waals surface area contributed by atoms with Crippen molar-refractivity contribution in [2.24, 2.45) is 17.8 Å². The molecule has 5 aliphatic heterocycles. The first-order chi connectivity index (χ1) is 27.4. The molecule has 1 aromatic carbocycles. The molecule has 11 nitrogen and oxygen atoms in total. The SMILES string of the molecule is CC(C)=CCCC1(C)C=Cc2c(O)c3c(c(CC=C(C)C)c2O1)OC12C(C3=O)C(N3CCOCC3)C3CC1C(C)(C)OC2(CC=C(C)C(=O)N1CCN(C)CC1)C3=O. The molecule has 11 heteroatoms. The highest BCUT2D eigenvalue weighted by Crippen LogP contribution is 2.71. The number of nitrogens with zero attached hydrogens (tertiary/aromatic N) is 3. The van der Waals surface area contributed by atoms with Gasteiger partial charge in [-0.05, 0) is 100 Å². The van der Waals surface area contributed by atoms with Gasteiger partial charge in [0.1, 0.15) is 28.4 Å². The number of rotatable bonds is 9. The van der Waals surface area contributed by atoms with Crippen LogP contribution in [0.5, 0.6) is 17.2 Å². The third-order valence-electron chi connectivity index (χ3n) is 14.3. The minimum atomic E-state index is -1.56. The number of phenolic OH excluding ortho intramolecular Hbond substituents is 1. The lowest BCUT2D eigenvalue weighted by Crippen LogP contribution is -2.82. The zero-order valence-electron chi connectivity index (χ0n) is 36.0. The Hall–Kier alpha value is -3.77. The molecule has 6 fully saturated rings.